The third-order valence-corrected chi connectivity index (χ3v) is 2.47. The normalized spacial score (nSPS) is 11.6. The minimum Gasteiger partial charge on any atom is -0.296 e. The number of carbonyl (C=O) groups is 1. The molecule has 0 N–H and O–H groups in total. The molecular weight excluding hydrogens is 269 g/mol. The molecule has 0 amide bonds. The summed E-state index contributed by atoms with van der Waals surface area (Å²) in [6, 6.07) is 6.65. The lowest BCUT2D eigenvalue weighted by atomic mass is 10.3. The van der Waals surface area contributed by atoms with Crippen LogP contribution < -0.4 is 0 Å². The third kappa shape index (κ3) is 2.38. The number of rotatable bonds is 2. The molecule has 0 bridgehead atoms. The maximum atomic E-state index is 12.5. The zero-order valence-electron chi connectivity index (χ0n) is 8.78. The molecule has 1 aromatic heterocycles. The molecule has 0 fully saturated rings. The SMILES string of the molecule is O=Cc1cc(C(F)(F)F)nn1-c1ccc(Cl)cc1. The second-order valence-electron chi connectivity index (χ2n) is 3.46. The summed E-state index contributed by atoms with van der Waals surface area (Å²) in [5, 5.41) is 3.81. The van der Waals surface area contributed by atoms with Crippen molar-refractivity contribution in [3.63, 3.8) is 0 Å². The van der Waals surface area contributed by atoms with E-state index in [9.17, 15) is 18.0 Å². The minimum atomic E-state index is -4.59. The first-order valence-electron chi connectivity index (χ1n) is 4.80. The van der Waals surface area contributed by atoms with Gasteiger partial charge in [0, 0.05) is 5.02 Å². The summed E-state index contributed by atoms with van der Waals surface area (Å²) in [7, 11) is 0. The first kappa shape index (κ1) is 12.6. The first-order chi connectivity index (χ1) is 8.41. The Kier molecular flexibility index (Phi) is 3.13. The number of alkyl halides is 3. The van der Waals surface area contributed by atoms with Crippen LogP contribution in [0.2, 0.25) is 5.02 Å². The van der Waals surface area contributed by atoms with Crippen molar-refractivity contribution in [2.75, 3.05) is 0 Å². The number of hydrogen-bond acceptors (Lipinski definition) is 2. The van der Waals surface area contributed by atoms with Gasteiger partial charge in [-0.3, -0.25) is 4.79 Å². The molecule has 2 aromatic rings. The third-order valence-electron chi connectivity index (χ3n) is 2.22. The Labute approximate surface area is 105 Å². The predicted octanol–water partition coefficient (Wildman–Crippen LogP) is 3.36. The average molecular weight is 275 g/mol. The quantitative estimate of drug-likeness (QED) is 0.787. The lowest BCUT2D eigenvalue weighted by Gasteiger charge is -2.04. The van der Waals surface area contributed by atoms with Gasteiger partial charge < -0.3 is 0 Å². The molecule has 2 rings (SSSR count). The van der Waals surface area contributed by atoms with Crippen LogP contribution in [0.4, 0.5) is 13.2 Å². The molecule has 0 saturated carbocycles. The molecule has 1 aromatic carbocycles. The van der Waals surface area contributed by atoms with Crippen molar-refractivity contribution in [2.24, 2.45) is 0 Å². The summed E-state index contributed by atoms with van der Waals surface area (Å²) >= 11 is 5.67. The molecule has 0 saturated heterocycles. The molecule has 0 unspecified atom stereocenters. The number of benzene rings is 1. The highest BCUT2D eigenvalue weighted by atomic mass is 35.5. The molecule has 0 spiro atoms. The summed E-state index contributed by atoms with van der Waals surface area (Å²) in [5.74, 6) is 0. The lowest BCUT2D eigenvalue weighted by molar-refractivity contribution is -0.141. The summed E-state index contributed by atoms with van der Waals surface area (Å²) in [6.07, 6.45) is -4.27. The number of halogens is 4. The number of carbonyl (C=O) groups excluding carboxylic acids is 1. The van der Waals surface area contributed by atoms with E-state index in [2.05, 4.69) is 5.10 Å². The van der Waals surface area contributed by atoms with E-state index in [0.29, 0.717) is 23.1 Å². The molecule has 0 aliphatic rings. The zero-order chi connectivity index (χ0) is 13.3. The largest absolute Gasteiger partial charge is 0.435 e. The van der Waals surface area contributed by atoms with Gasteiger partial charge in [0.1, 0.15) is 5.69 Å². The standard InChI is InChI=1S/C11H6ClF3N2O/c12-7-1-3-8(4-2-7)17-9(6-18)5-10(16-17)11(13,14)15/h1-6H. The Morgan fingerprint density at radius 2 is 1.83 bits per heavy atom. The van der Waals surface area contributed by atoms with Gasteiger partial charge in [-0.1, -0.05) is 11.6 Å². The Balaban J connectivity index is 2.53. The lowest BCUT2D eigenvalue weighted by Crippen LogP contribution is -2.07. The van der Waals surface area contributed by atoms with Crippen molar-refractivity contribution in [2.45, 2.75) is 6.18 Å². The van der Waals surface area contributed by atoms with Crippen LogP contribution in [0.15, 0.2) is 30.3 Å². The maximum Gasteiger partial charge on any atom is 0.435 e. The number of aldehydes is 1. The van der Waals surface area contributed by atoms with Crippen molar-refractivity contribution in [3.8, 4) is 5.69 Å². The minimum absolute atomic E-state index is 0.176. The van der Waals surface area contributed by atoms with Crippen LogP contribution in [0, 0.1) is 0 Å². The van der Waals surface area contributed by atoms with Gasteiger partial charge in [0.05, 0.1) is 5.69 Å². The van der Waals surface area contributed by atoms with Crippen molar-refractivity contribution < 1.29 is 18.0 Å². The Morgan fingerprint density at radius 1 is 1.22 bits per heavy atom. The van der Waals surface area contributed by atoms with Crippen LogP contribution in [-0.4, -0.2) is 16.1 Å². The molecule has 0 atom stereocenters. The van der Waals surface area contributed by atoms with Gasteiger partial charge in [-0.05, 0) is 30.3 Å². The van der Waals surface area contributed by atoms with Crippen LogP contribution in [0.1, 0.15) is 16.2 Å². The molecule has 94 valence electrons. The van der Waals surface area contributed by atoms with Gasteiger partial charge in [0.15, 0.2) is 12.0 Å². The van der Waals surface area contributed by atoms with E-state index in [1.165, 1.54) is 24.3 Å². The maximum absolute atomic E-state index is 12.5. The highest BCUT2D eigenvalue weighted by molar-refractivity contribution is 6.30. The van der Waals surface area contributed by atoms with E-state index in [4.69, 9.17) is 11.6 Å². The van der Waals surface area contributed by atoms with Gasteiger partial charge in [-0.25, -0.2) is 4.68 Å². The Bertz CT molecular complexity index is 575. The predicted molar refractivity (Wildman–Crippen MR) is 59.0 cm³/mol. The molecule has 3 nitrogen and oxygen atoms in total. The fraction of sp³-hybridized carbons (Fsp3) is 0.0909. The molecule has 0 aliphatic carbocycles. The number of nitrogens with zero attached hydrogens (tertiary/aromatic N) is 2. The van der Waals surface area contributed by atoms with Crippen molar-refractivity contribution >= 4 is 17.9 Å². The highest BCUT2D eigenvalue weighted by Gasteiger charge is 2.35. The van der Waals surface area contributed by atoms with Crippen molar-refractivity contribution in [1.29, 1.82) is 0 Å². The number of aromatic nitrogens is 2. The summed E-state index contributed by atoms with van der Waals surface area (Å²) in [6.45, 7) is 0. The number of hydrogen-bond donors (Lipinski definition) is 0. The Morgan fingerprint density at radius 3 is 2.33 bits per heavy atom. The smallest absolute Gasteiger partial charge is 0.296 e. The molecule has 7 heteroatoms. The fourth-order valence-electron chi connectivity index (χ4n) is 1.41. The molecule has 0 radical (unpaired) electrons. The molecular formula is C11H6ClF3N2O. The second kappa shape index (κ2) is 4.45. The van der Waals surface area contributed by atoms with E-state index in [1.807, 2.05) is 0 Å². The van der Waals surface area contributed by atoms with E-state index in [-0.39, 0.29) is 5.69 Å². The van der Waals surface area contributed by atoms with Crippen molar-refractivity contribution in [1.82, 2.24) is 9.78 Å². The van der Waals surface area contributed by atoms with Gasteiger partial charge in [-0.2, -0.15) is 18.3 Å². The zero-order valence-corrected chi connectivity index (χ0v) is 9.53. The van der Waals surface area contributed by atoms with Gasteiger partial charge in [-0.15, -0.1) is 0 Å². The van der Waals surface area contributed by atoms with E-state index in [1.54, 1.807) is 0 Å². The summed E-state index contributed by atoms with van der Waals surface area (Å²) < 4.78 is 38.4. The molecule has 1 heterocycles. The first-order valence-corrected chi connectivity index (χ1v) is 5.18. The van der Waals surface area contributed by atoms with Crippen LogP contribution in [0.5, 0.6) is 0 Å². The van der Waals surface area contributed by atoms with E-state index >= 15 is 0 Å². The topological polar surface area (TPSA) is 34.9 Å². The highest BCUT2D eigenvalue weighted by Crippen LogP contribution is 2.29. The summed E-state index contributed by atoms with van der Waals surface area (Å²) in [4.78, 5) is 10.8. The monoisotopic (exact) mass is 274 g/mol. The van der Waals surface area contributed by atoms with E-state index in [0.717, 1.165) is 4.68 Å². The van der Waals surface area contributed by atoms with Crippen LogP contribution in [0.3, 0.4) is 0 Å². The van der Waals surface area contributed by atoms with Crippen LogP contribution >= 0.6 is 11.6 Å². The van der Waals surface area contributed by atoms with E-state index < -0.39 is 11.9 Å². The molecule has 18 heavy (non-hydrogen) atoms. The molecule has 0 aliphatic heterocycles. The second-order valence-corrected chi connectivity index (χ2v) is 3.89. The van der Waals surface area contributed by atoms with Gasteiger partial charge >= 0.3 is 6.18 Å². The van der Waals surface area contributed by atoms with Crippen LogP contribution in [-0.2, 0) is 6.18 Å². The van der Waals surface area contributed by atoms with Crippen molar-refractivity contribution in [3.05, 3.63) is 46.7 Å². The average Bonchev–Trinajstić information content (AvgIpc) is 2.73. The Hall–Kier alpha value is -1.82. The summed E-state index contributed by atoms with van der Waals surface area (Å²) in [5.41, 5.74) is -0.957. The van der Waals surface area contributed by atoms with Gasteiger partial charge in [0.2, 0.25) is 0 Å². The van der Waals surface area contributed by atoms with Gasteiger partial charge in [0.25, 0.3) is 0 Å². The fourth-order valence-corrected chi connectivity index (χ4v) is 1.53. The van der Waals surface area contributed by atoms with Crippen LogP contribution in [0.25, 0.3) is 5.69 Å².